The van der Waals surface area contributed by atoms with Gasteiger partial charge in [0, 0.05) is 24.0 Å². The molecule has 0 aliphatic heterocycles. The second kappa shape index (κ2) is 13.6. The molecule has 0 amide bonds. The van der Waals surface area contributed by atoms with E-state index < -0.39 is 5.82 Å². The molecule has 208 valence electrons. The minimum atomic E-state index is -0.439. The summed E-state index contributed by atoms with van der Waals surface area (Å²) in [5.74, 6) is -0.746. The van der Waals surface area contributed by atoms with Gasteiger partial charge >= 0.3 is 0 Å². The third kappa shape index (κ3) is 6.61. The van der Waals surface area contributed by atoms with Crippen LogP contribution in [0.15, 0.2) is 90.9 Å². The van der Waals surface area contributed by atoms with Crippen molar-refractivity contribution in [3.05, 3.63) is 125 Å². The van der Waals surface area contributed by atoms with Gasteiger partial charge in [-0.15, -0.1) is 0 Å². The molecule has 2 heterocycles. The Morgan fingerprint density at radius 3 is 2.48 bits per heavy atom. The van der Waals surface area contributed by atoms with E-state index in [9.17, 15) is 4.39 Å². The molecule has 0 saturated heterocycles. The Balaban J connectivity index is 2.05. The number of hydrogen-bond donors (Lipinski definition) is 3. The SMILES string of the molecule is C=C/C=C(C)\C(=C/C)c1cnc2n[nH]c(C(=C)N/C(C)=C(C)/C(=C\C=C/C)c3cc(F)cc(CNC)c3)c2c1F. The van der Waals surface area contributed by atoms with Crippen molar-refractivity contribution >= 4 is 27.9 Å². The van der Waals surface area contributed by atoms with E-state index in [4.69, 9.17) is 0 Å². The molecule has 0 aliphatic carbocycles. The number of aromatic amines is 1. The summed E-state index contributed by atoms with van der Waals surface area (Å²) in [6.45, 7) is 18.0. The number of hydrogen-bond acceptors (Lipinski definition) is 4. The number of benzene rings is 1. The molecule has 0 spiro atoms. The maximum absolute atomic E-state index is 16.0. The molecule has 1 aromatic carbocycles. The van der Waals surface area contributed by atoms with Crippen LogP contribution in [0.25, 0.3) is 27.9 Å². The zero-order chi connectivity index (χ0) is 29.4. The van der Waals surface area contributed by atoms with Crippen LogP contribution >= 0.6 is 0 Å². The Bertz CT molecular complexity index is 1580. The predicted octanol–water partition coefficient (Wildman–Crippen LogP) is 8.01. The van der Waals surface area contributed by atoms with E-state index in [1.165, 1.54) is 18.3 Å². The highest BCUT2D eigenvalue weighted by Crippen LogP contribution is 2.32. The van der Waals surface area contributed by atoms with Gasteiger partial charge in [-0.3, -0.25) is 5.10 Å². The van der Waals surface area contributed by atoms with Gasteiger partial charge in [0.1, 0.15) is 11.6 Å². The fourth-order valence-electron chi connectivity index (χ4n) is 4.55. The Kier molecular flexibility index (Phi) is 10.3. The van der Waals surface area contributed by atoms with Crippen LogP contribution in [-0.2, 0) is 6.54 Å². The van der Waals surface area contributed by atoms with Gasteiger partial charge in [0.25, 0.3) is 0 Å². The van der Waals surface area contributed by atoms with Crippen molar-refractivity contribution in [2.75, 3.05) is 7.05 Å². The number of aromatic nitrogens is 3. The summed E-state index contributed by atoms with van der Waals surface area (Å²) < 4.78 is 30.5. The lowest BCUT2D eigenvalue weighted by atomic mass is 9.95. The summed E-state index contributed by atoms with van der Waals surface area (Å²) in [6.07, 6.45) is 12.6. The highest BCUT2D eigenvalue weighted by atomic mass is 19.1. The number of pyridine rings is 1. The highest BCUT2D eigenvalue weighted by Gasteiger charge is 2.20. The Hall–Kier alpha value is -4.36. The molecule has 0 aliphatic rings. The molecule has 5 nitrogen and oxygen atoms in total. The smallest absolute Gasteiger partial charge is 0.184 e. The second-order valence-corrected chi connectivity index (χ2v) is 9.41. The van der Waals surface area contributed by atoms with Crippen LogP contribution in [-0.4, -0.2) is 22.2 Å². The number of fused-ring (bicyclic) bond motifs is 1. The van der Waals surface area contributed by atoms with Gasteiger partial charge in [-0.2, -0.15) is 5.10 Å². The van der Waals surface area contributed by atoms with Crippen molar-refractivity contribution in [3.8, 4) is 0 Å². The summed E-state index contributed by atoms with van der Waals surface area (Å²) in [4.78, 5) is 4.39. The summed E-state index contributed by atoms with van der Waals surface area (Å²) in [5, 5.41) is 13.7. The maximum Gasteiger partial charge on any atom is 0.184 e. The van der Waals surface area contributed by atoms with Crippen LogP contribution in [0.1, 0.15) is 57.0 Å². The van der Waals surface area contributed by atoms with E-state index >= 15 is 4.39 Å². The summed E-state index contributed by atoms with van der Waals surface area (Å²) in [5.41, 5.74) is 7.12. The molecular weight excluding hydrogens is 504 g/mol. The van der Waals surface area contributed by atoms with E-state index in [0.29, 0.717) is 23.5 Å². The molecule has 0 unspecified atom stereocenters. The molecule has 3 rings (SSSR count). The van der Waals surface area contributed by atoms with Gasteiger partial charge in [-0.25, -0.2) is 13.8 Å². The zero-order valence-electron chi connectivity index (χ0n) is 24.0. The van der Waals surface area contributed by atoms with Crippen molar-refractivity contribution in [3.63, 3.8) is 0 Å². The Morgan fingerprint density at radius 1 is 1.07 bits per heavy atom. The number of nitrogens with zero attached hydrogens (tertiary/aromatic N) is 2. The molecular formula is C33H37F2N5. The summed E-state index contributed by atoms with van der Waals surface area (Å²) in [6, 6.07) is 5.01. The van der Waals surface area contributed by atoms with Crippen molar-refractivity contribution in [1.82, 2.24) is 25.8 Å². The first-order chi connectivity index (χ1) is 19.2. The van der Waals surface area contributed by atoms with Crippen molar-refractivity contribution < 1.29 is 8.78 Å². The Labute approximate surface area is 235 Å². The van der Waals surface area contributed by atoms with Crippen LogP contribution in [0.2, 0.25) is 0 Å². The minimum absolute atomic E-state index is 0.248. The summed E-state index contributed by atoms with van der Waals surface area (Å²) in [7, 11) is 1.82. The predicted molar refractivity (Wildman–Crippen MR) is 164 cm³/mol. The van der Waals surface area contributed by atoms with Gasteiger partial charge in [0.05, 0.1) is 16.8 Å². The minimum Gasteiger partial charge on any atom is -0.358 e. The number of allylic oxidation sites excluding steroid dienone is 11. The lowest BCUT2D eigenvalue weighted by Gasteiger charge is -2.17. The van der Waals surface area contributed by atoms with Crippen molar-refractivity contribution in [2.45, 2.75) is 41.2 Å². The van der Waals surface area contributed by atoms with Crippen LogP contribution in [0.3, 0.4) is 0 Å². The largest absolute Gasteiger partial charge is 0.358 e. The average molecular weight is 542 g/mol. The maximum atomic E-state index is 16.0. The van der Waals surface area contributed by atoms with Crippen molar-refractivity contribution in [2.24, 2.45) is 0 Å². The number of nitrogens with one attached hydrogen (secondary N) is 3. The van der Waals surface area contributed by atoms with Gasteiger partial charge in [0.2, 0.25) is 0 Å². The Morgan fingerprint density at radius 2 is 1.82 bits per heavy atom. The lowest BCUT2D eigenvalue weighted by Crippen LogP contribution is -2.12. The van der Waals surface area contributed by atoms with Crippen molar-refractivity contribution in [1.29, 1.82) is 0 Å². The van der Waals surface area contributed by atoms with Crippen LogP contribution in [0.4, 0.5) is 8.78 Å². The quantitative estimate of drug-likeness (QED) is 0.215. The third-order valence-electron chi connectivity index (χ3n) is 6.60. The normalized spacial score (nSPS) is 13.7. The van der Waals surface area contributed by atoms with E-state index in [2.05, 4.69) is 39.0 Å². The molecule has 0 radical (unpaired) electrons. The average Bonchev–Trinajstić information content (AvgIpc) is 3.36. The van der Waals surface area contributed by atoms with E-state index in [-0.39, 0.29) is 16.9 Å². The fourth-order valence-corrected chi connectivity index (χ4v) is 4.55. The molecule has 40 heavy (non-hydrogen) atoms. The van der Waals surface area contributed by atoms with Gasteiger partial charge in [-0.05, 0) is 93.3 Å². The highest BCUT2D eigenvalue weighted by molar-refractivity contribution is 5.92. The van der Waals surface area contributed by atoms with E-state index in [1.54, 1.807) is 6.08 Å². The molecule has 0 atom stereocenters. The monoisotopic (exact) mass is 541 g/mol. The van der Waals surface area contributed by atoms with E-state index in [0.717, 1.165) is 39.1 Å². The van der Waals surface area contributed by atoms with Crippen LogP contribution in [0, 0.1) is 11.6 Å². The van der Waals surface area contributed by atoms with Gasteiger partial charge in [0.15, 0.2) is 5.65 Å². The molecule has 0 bridgehead atoms. The molecule has 2 aromatic heterocycles. The first kappa shape index (κ1) is 30.2. The zero-order valence-corrected chi connectivity index (χ0v) is 24.0. The summed E-state index contributed by atoms with van der Waals surface area (Å²) >= 11 is 0. The van der Waals surface area contributed by atoms with Gasteiger partial charge < -0.3 is 10.6 Å². The van der Waals surface area contributed by atoms with Crippen LogP contribution in [0.5, 0.6) is 0 Å². The topological polar surface area (TPSA) is 65.6 Å². The molecule has 7 heteroatoms. The second-order valence-electron chi connectivity index (χ2n) is 9.41. The lowest BCUT2D eigenvalue weighted by molar-refractivity contribution is 0.623. The number of halogens is 2. The number of H-pyrrole nitrogens is 1. The van der Waals surface area contributed by atoms with Gasteiger partial charge in [-0.1, -0.05) is 49.6 Å². The first-order valence-electron chi connectivity index (χ1n) is 13.1. The van der Waals surface area contributed by atoms with Crippen LogP contribution < -0.4 is 10.6 Å². The van der Waals surface area contributed by atoms with E-state index in [1.807, 2.05) is 78.1 Å². The molecule has 0 saturated carbocycles. The third-order valence-corrected chi connectivity index (χ3v) is 6.60. The fraction of sp³-hybridized carbons (Fsp3) is 0.212. The first-order valence-corrected chi connectivity index (χ1v) is 13.1. The molecule has 3 N–H and O–H groups in total. The molecule has 0 fully saturated rings. The standard InChI is InChI=1S/C33H37F2N5/c1-9-12-14-28(25-15-24(18-36-8)16-26(34)17-25)21(5)22(6)38-23(7)32-30-31(35)29(19-37-33(30)40-39-32)27(11-3)20(4)13-10-2/h9-17,19,36,38H,2,7,18H2,1,3-6,8H3,(H,37,39,40)/b12-9-,20-13-,22-21+,27-11+,28-14+. The molecule has 3 aromatic rings. The number of rotatable bonds is 11.